The molecule has 8 heteroatoms. The molecule has 2 aromatic rings. The minimum absolute atomic E-state index is 0.0658. The number of nitrogens with zero attached hydrogens (tertiary/aromatic N) is 4. The molecule has 2 N–H and O–H groups in total. The van der Waals surface area contributed by atoms with E-state index in [1.165, 1.54) is 50.5 Å². The highest BCUT2D eigenvalue weighted by molar-refractivity contribution is 7.80. The molecule has 6 nitrogen and oxygen atoms in total. The van der Waals surface area contributed by atoms with Crippen LogP contribution in [0.5, 0.6) is 0 Å². The van der Waals surface area contributed by atoms with Crippen molar-refractivity contribution in [3.05, 3.63) is 40.9 Å². The number of rotatable bonds is 6. The maximum absolute atomic E-state index is 6.20. The first-order chi connectivity index (χ1) is 18.4. The van der Waals surface area contributed by atoms with E-state index in [-0.39, 0.29) is 5.41 Å². The minimum atomic E-state index is 0.0658. The summed E-state index contributed by atoms with van der Waals surface area (Å²) in [5, 5.41) is 8.28. The quantitative estimate of drug-likeness (QED) is 0.381. The van der Waals surface area contributed by atoms with Gasteiger partial charge in [-0.15, -0.1) is 0 Å². The van der Waals surface area contributed by atoms with E-state index in [1.807, 2.05) is 12.1 Å². The van der Waals surface area contributed by atoms with Crippen LogP contribution in [-0.2, 0) is 5.41 Å². The second kappa shape index (κ2) is 12.4. The summed E-state index contributed by atoms with van der Waals surface area (Å²) in [5.74, 6) is 3.93. The lowest BCUT2D eigenvalue weighted by molar-refractivity contribution is 0.292. The third-order valence-corrected chi connectivity index (χ3v) is 9.15. The van der Waals surface area contributed by atoms with Gasteiger partial charge in [-0.1, -0.05) is 56.8 Å². The molecular formula is C30H43ClN6S. The molecule has 38 heavy (non-hydrogen) atoms. The van der Waals surface area contributed by atoms with Crippen LogP contribution in [0.4, 0.5) is 17.6 Å². The smallest absolute Gasteiger partial charge is 0.232 e. The fourth-order valence-electron chi connectivity index (χ4n) is 6.77. The number of thiocarbonyl (C=S) groups is 1. The Balaban J connectivity index is 1.33. The molecule has 2 saturated heterocycles. The average Bonchev–Trinajstić information content (AvgIpc) is 2.92. The topological polar surface area (TPSA) is 56.3 Å². The van der Waals surface area contributed by atoms with Crippen molar-refractivity contribution >= 4 is 46.5 Å². The van der Waals surface area contributed by atoms with Crippen molar-refractivity contribution in [3.8, 4) is 0 Å². The van der Waals surface area contributed by atoms with Crippen molar-refractivity contribution in [3.63, 3.8) is 0 Å². The van der Waals surface area contributed by atoms with Gasteiger partial charge in [0.25, 0.3) is 0 Å². The Labute approximate surface area is 238 Å². The van der Waals surface area contributed by atoms with E-state index in [0.717, 1.165) is 62.2 Å². The normalized spacial score (nSPS) is 23.7. The van der Waals surface area contributed by atoms with Crippen LogP contribution in [-0.4, -0.2) is 47.8 Å². The number of benzene rings is 1. The lowest BCUT2D eigenvalue weighted by atomic mass is 9.69. The second-order valence-electron chi connectivity index (χ2n) is 12.0. The number of piperidine rings is 2. The summed E-state index contributed by atoms with van der Waals surface area (Å²) < 4.78 is 0. The van der Waals surface area contributed by atoms with Crippen molar-refractivity contribution < 1.29 is 0 Å². The predicted molar refractivity (Wildman–Crippen MR) is 164 cm³/mol. The molecule has 1 saturated carbocycles. The molecule has 2 aliphatic heterocycles. The van der Waals surface area contributed by atoms with Gasteiger partial charge >= 0.3 is 0 Å². The molecule has 3 heterocycles. The van der Waals surface area contributed by atoms with Gasteiger partial charge in [0.2, 0.25) is 5.95 Å². The standard InChI is InChI=1S/C30H43ClN6S/c1-22-17-23(2)20-37(19-22)27-18-26(36-15-7-4-8-16-36)33-28(34-27)35-29(38)32-21-30(13-5-3-6-14-30)24-9-11-25(31)12-10-24/h9-12,18,22-23H,3-8,13-17,19-21H2,1-2H3,(H2,32,33,34,35,38)/t22-,23-/m0/s1. The first-order valence-corrected chi connectivity index (χ1v) is 15.4. The summed E-state index contributed by atoms with van der Waals surface area (Å²) in [6, 6.07) is 10.6. The summed E-state index contributed by atoms with van der Waals surface area (Å²) >= 11 is 12.0. The monoisotopic (exact) mass is 554 g/mol. The van der Waals surface area contributed by atoms with Crippen LogP contribution < -0.4 is 20.4 Å². The highest BCUT2D eigenvalue weighted by Gasteiger charge is 2.34. The first kappa shape index (κ1) is 27.4. The van der Waals surface area contributed by atoms with E-state index in [1.54, 1.807) is 0 Å². The third-order valence-electron chi connectivity index (χ3n) is 8.65. The number of hydrogen-bond acceptors (Lipinski definition) is 5. The molecule has 206 valence electrons. The summed E-state index contributed by atoms with van der Waals surface area (Å²) in [6.07, 6.45) is 11.1. The Morgan fingerprint density at radius 2 is 1.53 bits per heavy atom. The van der Waals surface area contributed by atoms with Crippen molar-refractivity contribution in [1.82, 2.24) is 15.3 Å². The van der Waals surface area contributed by atoms with Gasteiger partial charge in [-0.25, -0.2) is 0 Å². The average molecular weight is 555 g/mol. The Kier molecular flexibility index (Phi) is 8.94. The van der Waals surface area contributed by atoms with E-state index in [9.17, 15) is 0 Å². The third kappa shape index (κ3) is 6.71. The second-order valence-corrected chi connectivity index (χ2v) is 12.8. The number of nitrogens with one attached hydrogen (secondary N) is 2. The van der Waals surface area contributed by atoms with Gasteiger partial charge in [0.15, 0.2) is 5.11 Å². The zero-order valence-corrected chi connectivity index (χ0v) is 24.6. The van der Waals surface area contributed by atoms with E-state index < -0.39 is 0 Å². The SMILES string of the molecule is C[C@H]1C[C@H](C)CN(c2cc(N3CCCCC3)nc(NC(=S)NCC3(c4ccc(Cl)cc4)CCCCC3)n2)C1. The van der Waals surface area contributed by atoms with Crippen LogP contribution in [0, 0.1) is 11.8 Å². The lowest BCUT2D eigenvalue weighted by Gasteiger charge is -2.38. The summed E-state index contributed by atoms with van der Waals surface area (Å²) in [4.78, 5) is 14.8. The van der Waals surface area contributed by atoms with Gasteiger partial charge in [-0.05, 0) is 80.3 Å². The molecule has 1 aromatic carbocycles. The first-order valence-electron chi connectivity index (χ1n) is 14.6. The molecule has 0 amide bonds. The van der Waals surface area contributed by atoms with E-state index in [4.69, 9.17) is 33.8 Å². The Morgan fingerprint density at radius 3 is 2.18 bits per heavy atom. The van der Waals surface area contributed by atoms with Crippen molar-refractivity contribution in [2.45, 2.75) is 77.0 Å². The van der Waals surface area contributed by atoms with Crippen molar-refractivity contribution in [1.29, 1.82) is 0 Å². The fourth-order valence-corrected chi connectivity index (χ4v) is 7.06. The molecular weight excluding hydrogens is 512 g/mol. The Bertz CT molecular complexity index is 1070. The zero-order chi connectivity index (χ0) is 26.5. The van der Waals surface area contributed by atoms with Crippen molar-refractivity contribution in [2.75, 3.05) is 47.8 Å². The Hall–Kier alpha value is -2.12. The largest absolute Gasteiger partial charge is 0.361 e. The van der Waals surface area contributed by atoms with Crippen LogP contribution >= 0.6 is 23.8 Å². The number of halogens is 1. The molecule has 0 spiro atoms. The highest BCUT2D eigenvalue weighted by atomic mass is 35.5. The lowest BCUT2D eigenvalue weighted by Crippen LogP contribution is -2.44. The molecule has 5 rings (SSSR count). The number of hydrogen-bond donors (Lipinski definition) is 2. The summed E-state index contributed by atoms with van der Waals surface area (Å²) in [6.45, 7) is 9.65. The molecule has 0 unspecified atom stereocenters. The summed E-state index contributed by atoms with van der Waals surface area (Å²) in [7, 11) is 0. The minimum Gasteiger partial charge on any atom is -0.361 e. The van der Waals surface area contributed by atoms with Crippen LogP contribution in [0.25, 0.3) is 0 Å². The van der Waals surface area contributed by atoms with Gasteiger partial charge < -0.3 is 20.4 Å². The molecule has 1 aromatic heterocycles. The van der Waals surface area contributed by atoms with Gasteiger partial charge in [-0.3, -0.25) is 0 Å². The van der Waals surface area contributed by atoms with Gasteiger partial charge in [0, 0.05) is 49.2 Å². The van der Waals surface area contributed by atoms with Gasteiger partial charge in [0.05, 0.1) is 0 Å². The zero-order valence-electron chi connectivity index (χ0n) is 23.0. The number of aromatic nitrogens is 2. The van der Waals surface area contributed by atoms with Crippen LogP contribution in [0.1, 0.15) is 77.2 Å². The van der Waals surface area contributed by atoms with E-state index in [2.05, 4.69) is 52.5 Å². The predicted octanol–water partition coefficient (Wildman–Crippen LogP) is 6.79. The van der Waals surface area contributed by atoms with Crippen molar-refractivity contribution in [2.24, 2.45) is 11.8 Å². The Morgan fingerprint density at radius 1 is 0.921 bits per heavy atom. The molecule has 3 aliphatic rings. The maximum Gasteiger partial charge on any atom is 0.232 e. The highest BCUT2D eigenvalue weighted by Crippen LogP contribution is 2.39. The molecule has 0 radical (unpaired) electrons. The van der Waals surface area contributed by atoms with Crippen LogP contribution in [0.2, 0.25) is 5.02 Å². The molecule has 3 fully saturated rings. The fraction of sp³-hybridized carbons (Fsp3) is 0.633. The number of anilines is 3. The maximum atomic E-state index is 6.20. The van der Waals surface area contributed by atoms with Crippen LogP contribution in [0.3, 0.4) is 0 Å². The van der Waals surface area contributed by atoms with E-state index in [0.29, 0.717) is 22.9 Å². The van der Waals surface area contributed by atoms with E-state index >= 15 is 0 Å². The van der Waals surface area contributed by atoms with Crippen LogP contribution in [0.15, 0.2) is 30.3 Å². The molecule has 1 aliphatic carbocycles. The molecule has 2 atom stereocenters. The van der Waals surface area contributed by atoms with Gasteiger partial charge in [0.1, 0.15) is 11.6 Å². The van der Waals surface area contributed by atoms with Gasteiger partial charge in [-0.2, -0.15) is 9.97 Å². The summed E-state index contributed by atoms with van der Waals surface area (Å²) in [5.41, 5.74) is 1.41. The molecule has 0 bridgehead atoms.